The van der Waals surface area contributed by atoms with Crippen molar-refractivity contribution in [2.45, 2.75) is 31.5 Å². The molecular weight excluding hydrogens is 440 g/mol. The quantitative estimate of drug-likeness (QED) is 0.371. The molecule has 2 aromatic carbocycles. The number of nitrogens with two attached hydrogens (primary N) is 1. The number of ether oxygens (including phenoxy) is 1. The van der Waals surface area contributed by atoms with Crippen LogP contribution in [-0.2, 0) is 24.5 Å². The minimum atomic E-state index is -1.75. The molecule has 0 radical (unpaired) electrons. The number of nitrogen functional groups attached to an aromatic ring is 1. The first-order chi connectivity index (χ1) is 16.1. The fourth-order valence-electron chi connectivity index (χ4n) is 3.87. The van der Waals surface area contributed by atoms with Crippen LogP contribution >= 0.6 is 0 Å². The van der Waals surface area contributed by atoms with Crippen LogP contribution in [0.1, 0.15) is 19.4 Å². The Morgan fingerprint density at radius 3 is 2.76 bits per heavy atom. The molecular formula is C24H26N4O6. The summed E-state index contributed by atoms with van der Waals surface area (Å²) in [5, 5.41) is 24.3. The van der Waals surface area contributed by atoms with Crippen molar-refractivity contribution < 1.29 is 29.3 Å². The number of amides is 2. The topological polar surface area (TPSA) is 158 Å². The van der Waals surface area contributed by atoms with Crippen molar-refractivity contribution >= 4 is 45.7 Å². The minimum absolute atomic E-state index is 0.0991. The number of aliphatic carboxylic acids is 1. The summed E-state index contributed by atoms with van der Waals surface area (Å²) in [5.41, 5.74) is 6.09. The van der Waals surface area contributed by atoms with E-state index < -0.39 is 35.4 Å². The van der Waals surface area contributed by atoms with Crippen LogP contribution < -0.4 is 16.0 Å². The summed E-state index contributed by atoms with van der Waals surface area (Å²) in [6, 6.07) is 11.7. The third-order valence-electron chi connectivity index (χ3n) is 6.08. The van der Waals surface area contributed by atoms with Crippen molar-refractivity contribution in [1.29, 1.82) is 0 Å². The molecule has 34 heavy (non-hydrogen) atoms. The maximum atomic E-state index is 13.1. The van der Waals surface area contributed by atoms with E-state index in [4.69, 9.17) is 10.5 Å². The largest absolute Gasteiger partial charge is 0.481 e. The molecule has 10 nitrogen and oxygen atoms in total. The lowest BCUT2D eigenvalue weighted by Crippen LogP contribution is -2.55. The zero-order valence-electron chi connectivity index (χ0n) is 18.7. The van der Waals surface area contributed by atoms with E-state index in [2.05, 4.69) is 10.3 Å². The Kier molecular flexibility index (Phi) is 6.03. The Balaban J connectivity index is 1.51. The van der Waals surface area contributed by atoms with Gasteiger partial charge in [0, 0.05) is 34.9 Å². The van der Waals surface area contributed by atoms with Crippen molar-refractivity contribution in [2.75, 3.05) is 29.1 Å². The van der Waals surface area contributed by atoms with Crippen LogP contribution in [0.25, 0.3) is 10.8 Å². The lowest BCUT2D eigenvalue weighted by Gasteiger charge is -2.34. The molecule has 1 saturated heterocycles. The first-order valence-electron chi connectivity index (χ1n) is 10.7. The fraction of sp³-hybridized carbons (Fsp3) is 0.292. The molecule has 178 valence electrons. The van der Waals surface area contributed by atoms with E-state index in [9.17, 15) is 24.6 Å². The van der Waals surface area contributed by atoms with Gasteiger partial charge in [-0.2, -0.15) is 0 Å². The van der Waals surface area contributed by atoms with E-state index in [-0.39, 0.29) is 13.2 Å². The Hall–Kier alpha value is -3.89. The van der Waals surface area contributed by atoms with Gasteiger partial charge in [-0.3, -0.25) is 14.4 Å². The number of nitrogens with one attached hydrogen (secondary N) is 2. The number of fused-ring (bicyclic) bond motifs is 1. The van der Waals surface area contributed by atoms with E-state index in [0.717, 1.165) is 10.8 Å². The summed E-state index contributed by atoms with van der Waals surface area (Å²) >= 11 is 0. The fourth-order valence-corrected chi connectivity index (χ4v) is 3.87. The highest BCUT2D eigenvalue weighted by Gasteiger charge is 2.40. The van der Waals surface area contributed by atoms with E-state index in [1.807, 2.05) is 0 Å². The van der Waals surface area contributed by atoms with Crippen molar-refractivity contribution in [3.05, 3.63) is 54.2 Å². The second-order valence-electron chi connectivity index (χ2n) is 8.70. The second-order valence-corrected chi connectivity index (χ2v) is 8.70. The molecule has 0 saturated carbocycles. The van der Waals surface area contributed by atoms with Crippen LogP contribution in [-0.4, -0.2) is 58.3 Å². The molecule has 2 heterocycles. The number of hydrogen-bond acceptors (Lipinski definition) is 6. The summed E-state index contributed by atoms with van der Waals surface area (Å²) in [6.07, 6.45) is -1.46. The van der Waals surface area contributed by atoms with Gasteiger partial charge >= 0.3 is 5.97 Å². The number of anilines is 3. The van der Waals surface area contributed by atoms with Crippen LogP contribution in [0.2, 0.25) is 0 Å². The van der Waals surface area contributed by atoms with Gasteiger partial charge in [-0.05, 0) is 49.7 Å². The van der Waals surface area contributed by atoms with Crippen molar-refractivity contribution in [1.82, 2.24) is 4.98 Å². The summed E-state index contributed by atoms with van der Waals surface area (Å²) in [7, 11) is 0. The van der Waals surface area contributed by atoms with Gasteiger partial charge in [-0.1, -0.05) is 12.1 Å². The van der Waals surface area contributed by atoms with E-state index in [1.165, 1.54) is 4.90 Å². The van der Waals surface area contributed by atoms with Crippen molar-refractivity contribution in [3.8, 4) is 0 Å². The average molecular weight is 466 g/mol. The molecule has 0 aliphatic carbocycles. The number of aromatic nitrogens is 1. The van der Waals surface area contributed by atoms with Gasteiger partial charge in [0.1, 0.15) is 5.82 Å². The first-order valence-corrected chi connectivity index (χ1v) is 10.7. The van der Waals surface area contributed by atoms with Crippen molar-refractivity contribution in [2.24, 2.45) is 0 Å². The number of carbonyl (C=O) groups excluding carboxylic acids is 2. The molecule has 6 N–H and O–H groups in total. The zero-order chi connectivity index (χ0) is 24.6. The van der Waals surface area contributed by atoms with Crippen molar-refractivity contribution in [3.63, 3.8) is 0 Å². The van der Waals surface area contributed by atoms with Gasteiger partial charge < -0.3 is 35.9 Å². The monoisotopic (exact) mass is 466 g/mol. The molecule has 2 amide bonds. The van der Waals surface area contributed by atoms with Gasteiger partial charge in [0.05, 0.1) is 12.0 Å². The summed E-state index contributed by atoms with van der Waals surface area (Å²) in [6.45, 7) is 3.45. The number of benzene rings is 2. The van der Waals surface area contributed by atoms with Gasteiger partial charge in [0.15, 0.2) is 12.2 Å². The number of carboxylic acids is 1. The molecule has 2 atom stereocenters. The molecule has 1 aliphatic rings. The number of carboxylic acid groups (broad SMARTS) is 1. The summed E-state index contributed by atoms with van der Waals surface area (Å²) in [4.78, 5) is 41.7. The molecule has 0 unspecified atom stereocenters. The predicted molar refractivity (Wildman–Crippen MR) is 127 cm³/mol. The number of rotatable bonds is 6. The second kappa shape index (κ2) is 8.81. The predicted octanol–water partition coefficient (Wildman–Crippen LogP) is 1.84. The number of nitrogens with zero attached hydrogens (tertiary/aromatic N) is 1. The smallest absolute Gasteiger partial charge is 0.313 e. The Bertz CT molecular complexity index is 1270. The van der Waals surface area contributed by atoms with E-state index >= 15 is 0 Å². The third-order valence-corrected chi connectivity index (χ3v) is 6.08. The number of H-pyrrole nitrogens is 1. The number of aromatic amines is 1. The molecule has 3 aromatic rings. The van der Waals surface area contributed by atoms with Gasteiger partial charge in [0.25, 0.3) is 11.8 Å². The van der Waals surface area contributed by atoms with Crippen LogP contribution in [0.3, 0.4) is 0 Å². The van der Waals surface area contributed by atoms with Crippen LogP contribution in [0.5, 0.6) is 0 Å². The lowest BCUT2D eigenvalue weighted by molar-refractivity contribution is -0.150. The van der Waals surface area contributed by atoms with Gasteiger partial charge in [-0.25, -0.2) is 0 Å². The third kappa shape index (κ3) is 4.20. The SMILES string of the molecule is CC(C)(C(=O)O)c1cccc(N2CCO[C@H]([C@@H](O)C(=O)Nc3ccc4c(N)[nH]cc4c3)C2=O)c1. The molecule has 1 fully saturated rings. The number of hydrogen-bond donors (Lipinski definition) is 5. The Morgan fingerprint density at radius 1 is 1.26 bits per heavy atom. The molecule has 4 rings (SSSR count). The van der Waals surface area contributed by atoms with Gasteiger partial charge in [-0.15, -0.1) is 0 Å². The first kappa shape index (κ1) is 23.3. The molecule has 0 spiro atoms. The Labute approximate surface area is 195 Å². The van der Waals surface area contributed by atoms with Gasteiger partial charge in [0.2, 0.25) is 0 Å². The molecule has 1 aromatic heterocycles. The van der Waals surface area contributed by atoms with E-state index in [0.29, 0.717) is 22.8 Å². The zero-order valence-corrected chi connectivity index (χ0v) is 18.7. The molecule has 1 aliphatic heterocycles. The average Bonchev–Trinajstić information content (AvgIpc) is 3.18. The standard InChI is InChI=1S/C24H26N4O6/c1-24(2,23(32)33)14-4-3-5-16(11-14)28-8-9-34-19(22(28)31)18(29)21(30)27-15-6-7-17-13(10-15)12-26-20(17)25/h3-7,10-12,18-19,26,29H,8-9,25H2,1-2H3,(H,27,30)(H,32,33)/t18-,19-/m1/s1. The maximum absolute atomic E-state index is 13.1. The highest BCUT2D eigenvalue weighted by Crippen LogP contribution is 2.29. The van der Waals surface area contributed by atoms with E-state index in [1.54, 1.807) is 62.5 Å². The highest BCUT2D eigenvalue weighted by atomic mass is 16.5. The number of aliphatic hydroxyl groups excluding tert-OH is 1. The minimum Gasteiger partial charge on any atom is -0.481 e. The molecule has 0 bridgehead atoms. The van der Waals surface area contributed by atoms with Crippen LogP contribution in [0.4, 0.5) is 17.2 Å². The summed E-state index contributed by atoms with van der Waals surface area (Å²) in [5.74, 6) is -1.87. The molecule has 10 heteroatoms. The normalized spacial score (nSPS) is 17.6. The Morgan fingerprint density at radius 2 is 2.03 bits per heavy atom. The maximum Gasteiger partial charge on any atom is 0.313 e. The van der Waals surface area contributed by atoms with Crippen LogP contribution in [0, 0.1) is 0 Å². The van der Waals surface area contributed by atoms with Crippen LogP contribution in [0.15, 0.2) is 48.7 Å². The lowest BCUT2D eigenvalue weighted by atomic mass is 9.84. The number of carbonyl (C=O) groups is 3. The summed E-state index contributed by atoms with van der Waals surface area (Å²) < 4.78 is 5.45. The number of aliphatic hydroxyl groups is 1. The highest BCUT2D eigenvalue weighted by molar-refractivity contribution is 6.05. The number of morpholine rings is 1.